The molecule has 0 atom stereocenters. The van der Waals surface area contributed by atoms with Crippen LogP contribution in [0.5, 0.6) is 0 Å². The minimum atomic E-state index is 0.194. The Bertz CT molecular complexity index is 234. The lowest BCUT2D eigenvalue weighted by Crippen LogP contribution is -1.94. The minimum absolute atomic E-state index is 0.194. The second-order valence-corrected chi connectivity index (χ2v) is 3.05. The number of rotatable bonds is 2. The molecule has 72 valence electrons. The van der Waals surface area contributed by atoms with Crippen LogP contribution in [0.25, 0.3) is 0 Å². The highest BCUT2D eigenvalue weighted by molar-refractivity contribution is 6.40. The van der Waals surface area contributed by atoms with Gasteiger partial charge < -0.3 is 0 Å². The maximum atomic E-state index is 11.0. The van der Waals surface area contributed by atoms with E-state index in [1.54, 1.807) is 0 Å². The monoisotopic (exact) mass is 218 g/mol. The quantitative estimate of drug-likeness (QED) is 0.547. The Morgan fingerprint density at radius 3 is 2.08 bits per heavy atom. The molecule has 1 rings (SSSR count). The van der Waals surface area contributed by atoms with Crippen molar-refractivity contribution in [3.63, 3.8) is 0 Å². The highest BCUT2D eigenvalue weighted by Crippen LogP contribution is 2.01. The molecule has 0 aliphatic heterocycles. The molecule has 0 N–H and O–H groups in total. The molecular weight excluding hydrogens is 207 g/mol. The molecule has 0 saturated heterocycles. The van der Waals surface area contributed by atoms with Gasteiger partial charge in [0.25, 0.3) is 0 Å². The van der Waals surface area contributed by atoms with Gasteiger partial charge in [0.15, 0.2) is 5.78 Å². The number of Topliss-reactive ketones (excluding diaryl/α,β-unsaturated/α-hetero) is 1. The molecule has 0 bridgehead atoms. The van der Waals surface area contributed by atoms with Crippen molar-refractivity contribution in [2.24, 2.45) is 0 Å². The first-order chi connectivity index (χ1) is 6.26. The lowest BCUT2D eigenvalue weighted by molar-refractivity contribution is 0.0988. The van der Waals surface area contributed by atoms with E-state index in [0.29, 0.717) is 6.42 Å². The van der Waals surface area contributed by atoms with Gasteiger partial charge >= 0.3 is 0 Å². The van der Waals surface area contributed by atoms with Gasteiger partial charge in [-0.15, -0.1) is 23.2 Å². The summed E-state index contributed by atoms with van der Waals surface area (Å²) in [5.41, 5.74) is 0.810. The van der Waals surface area contributed by atoms with Crippen LogP contribution in [-0.2, 0) is 0 Å². The summed E-state index contributed by atoms with van der Waals surface area (Å²) < 4.78 is 0. The molecule has 0 radical (unpaired) electrons. The summed E-state index contributed by atoms with van der Waals surface area (Å²) in [5, 5.41) is 0.194. The van der Waals surface area contributed by atoms with Crippen LogP contribution in [0, 0.1) is 0 Å². The molecule has 0 aliphatic carbocycles. The largest absolute Gasteiger partial charge is 0.294 e. The molecule has 13 heavy (non-hydrogen) atoms. The van der Waals surface area contributed by atoms with Gasteiger partial charge in [-0.25, -0.2) is 0 Å². The average Bonchev–Trinajstić information content (AvgIpc) is 2.19. The number of ketones is 1. The second kappa shape index (κ2) is 8.09. The van der Waals surface area contributed by atoms with E-state index in [9.17, 15) is 4.79 Å². The van der Waals surface area contributed by atoms with E-state index in [4.69, 9.17) is 23.2 Å². The number of hydrogen-bond acceptors (Lipinski definition) is 1. The van der Waals surface area contributed by atoms with Crippen LogP contribution in [0.3, 0.4) is 0 Å². The Kier molecular flexibility index (Phi) is 7.76. The van der Waals surface area contributed by atoms with E-state index in [0.717, 1.165) is 5.56 Å². The third kappa shape index (κ3) is 5.67. The van der Waals surface area contributed by atoms with Crippen LogP contribution in [0.15, 0.2) is 30.3 Å². The van der Waals surface area contributed by atoms with Crippen molar-refractivity contribution in [1.29, 1.82) is 0 Å². The molecule has 0 saturated carbocycles. The zero-order valence-electron chi connectivity index (χ0n) is 7.47. The van der Waals surface area contributed by atoms with Crippen molar-refractivity contribution in [3.8, 4) is 0 Å². The Hall–Kier alpha value is -0.530. The van der Waals surface area contributed by atoms with E-state index >= 15 is 0 Å². The lowest BCUT2D eigenvalue weighted by atomic mass is 10.1. The van der Waals surface area contributed by atoms with Gasteiger partial charge in [-0.05, 0) is 0 Å². The number of carbonyl (C=O) groups excluding carboxylic acids is 1. The predicted molar refractivity (Wildman–Crippen MR) is 57.6 cm³/mol. The van der Waals surface area contributed by atoms with E-state index < -0.39 is 0 Å². The average molecular weight is 219 g/mol. The van der Waals surface area contributed by atoms with E-state index in [1.165, 1.54) is 0 Å². The molecule has 1 aromatic rings. The summed E-state index contributed by atoms with van der Waals surface area (Å²) in [7, 11) is 0. The van der Waals surface area contributed by atoms with Gasteiger partial charge in [0.1, 0.15) is 0 Å². The summed E-state index contributed by atoms with van der Waals surface area (Å²) in [6.45, 7) is 1.87. The maximum Gasteiger partial charge on any atom is 0.162 e. The SMILES string of the molecule is CCC(=O)c1ccccc1.ClCCl. The van der Waals surface area contributed by atoms with E-state index in [2.05, 4.69) is 0 Å². The molecule has 1 aromatic carbocycles. The molecule has 1 nitrogen and oxygen atoms in total. The smallest absolute Gasteiger partial charge is 0.162 e. The fraction of sp³-hybridized carbons (Fsp3) is 0.300. The first-order valence-corrected chi connectivity index (χ1v) is 5.03. The fourth-order valence-electron chi connectivity index (χ4n) is 0.828. The van der Waals surface area contributed by atoms with Crippen LogP contribution in [-0.4, -0.2) is 11.1 Å². The minimum Gasteiger partial charge on any atom is -0.294 e. The Morgan fingerprint density at radius 1 is 1.23 bits per heavy atom. The topological polar surface area (TPSA) is 17.1 Å². The van der Waals surface area contributed by atoms with Gasteiger partial charge in [0, 0.05) is 12.0 Å². The number of alkyl halides is 2. The molecule has 0 aliphatic rings. The predicted octanol–water partition coefficient (Wildman–Crippen LogP) is 3.70. The van der Waals surface area contributed by atoms with E-state index in [-0.39, 0.29) is 11.1 Å². The Labute approximate surface area is 88.7 Å². The summed E-state index contributed by atoms with van der Waals surface area (Å²) in [6, 6.07) is 9.34. The van der Waals surface area contributed by atoms with E-state index in [1.807, 2.05) is 37.3 Å². The zero-order chi connectivity index (χ0) is 10.1. The molecule has 0 aromatic heterocycles. The van der Waals surface area contributed by atoms with Gasteiger partial charge in [-0.1, -0.05) is 37.3 Å². The van der Waals surface area contributed by atoms with Crippen molar-refractivity contribution < 1.29 is 4.79 Å². The van der Waals surface area contributed by atoms with Crippen molar-refractivity contribution in [3.05, 3.63) is 35.9 Å². The Balaban J connectivity index is 0.000000424. The molecule has 0 spiro atoms. The van der Waals surface area contributed by atoms with Crippen molar-refractivity contribution >= 4 is 29.0 Å². The third-order valence-corrected chi connectivity index (χ3v) is 1.42. The number of hydrogen-bond donors (Lipinski definition) is 0. The van der Waals surface area contributed by atoms with Crippen LogP contribution in [0.1, 0.15) is 23.7 Å². The first kappa shape index (κ1) is 12.5. The summed E-state index contributed by atoms with van der Waals surface area (Å²) in [5.74, 6) is 0.209. The summed E-state index contributed by atoms with van der Waals surface area (Å²) in [4.78, 5) is 11.0. The third-order valence-electron chi connectivity index (χ3n) is 1.42. The molecular formula is C10H12Cl2O. The number of halogens is 2. The highest BCUT2D eigenvalue weighted by Gasteiger charge is 1.98. The molecule has 0 unspecified atom stereocenters. The van der Waals surface area contributed by atoms with Gasteiger partial charge in [-0.2, -0.15) is 0 Å². The first-order valence-electron chi connectivity index (χ1n) is 3.96. The number of benzene rings is 1. The molecule has 0 heterocycles. The number of carbonyl (C=O) groups is 1. The summed E-state index contributed by atoms with van der Waals surface area (Å²) >= 11 is 9.53. The normalized spacial score (nSPS) is 8.54. The van der Waals surface area contributed by atoms with Crippen LogP contribution in [0.4, 0.5) is 0 Å². The Morgan fingerprint density at radius 2 is 1.69 bits per heavy atom. The van der Waals surface area contributed by atoms with Crippen LogP contribution in [0.2, 0.25) is 0 Å². The van der Waals surface area contributed by atoms with Crippen LogP contribution >= 0.6 is 23.2 Å². The molecule has 0 fully saturated rings. The maximum absolute atomic E-state index is 11.0. The van der Waals surface area contributed by atoms with Gasteiger partial charge in [0.05, 0.1) is 5.34 Å². The lowest BCUT2D eigenvalue weighted by Gasteiger charge is -1.93. The van der Waals surface area contributed by atoms with Crippen molar-refractivity contribution in [2.45, 2.75) is 13.3 Å². The van der Waals surface area contributed by atoms with Gasteiger partial charge in [-0.3, -0.25) is 4.79 Å². The van der Waals surface area contributed by atoms with Gasteiger partial charge in [0.2, 0.25) is 0 Å². The van der Waals surface area contributed by atoms with Crippen molar-refractivity contribution in [1.82, 2.24) is 0 Å². The van der Waals surface area contributed by atoms with Crippen molar-refractivity contribution in [2.75, 3.05) is 5.34 Å². The summed E-state index contributed by atoms with van der Waals surface area (Å²) in [6.07, 6.45) is 0.587. The molecule has 0 amide bonds. The molecule has 3 heteroatoms. The van der Waals surface area contributed by atoms with Crippen LogP contribution < -0.4 is 0 Å². The second-order valence-electron chi connectivity index (χ2n) is 2.24. The highest BCUT2D eigenvalue weighted by atomic mass is 35.5. The fourth-order valence-corrected chi connectivity index (χ4v) is 0.828. The zero-order valence-corrected chi connectivity index (χ0v) is 8.98. The standard InChI is InChI=1S/C9H10O.CH2Cl2/c1-2-9(10)8-6-4-3-5-7-8;2-1-3/h3-7H,2H2,1H3;1H2.